The minimum absolute atomic E-state index is 0.0303. The minimum atomic E-state index is -3.53. The van der Waals surface area contributed by atoms with Crippen molar-refractivity contribution >= 4 is 21.4 Å². The summed E-state index contributed by atoms with van der Waals surface area (Å²) < 4.78 is 59.8. The monoisotopic (exact) mass is 564 g/mol. The quantitative estimate of drug-likeness (QED) is 0.351. The summed E-state index contributed by atoms with van der Waals surface area (Å²) in [7, 11) is -3.53. The van der Waals surface area contributed by atoms with Crippen LogP contribution < -0.4 is 21.3 Å². The highest BCUT2D eigenvalue weighted by molar-refractivity contribution is 7.92. The van der Waals surface area contributed by atoms with Crippen molar-refractivity contribution in [3.63, 3.8) is 0 Å². The van der Waals surface area contributed by atoms with Crippen molar-refractivity contribution in [2.45, 2.75) is 62.0 Å². The van der Waals surface area contributed by atoms with Gasteiger partial charge in [0.25, 0.3) is 0 Å². The number of sulfone groups is 1. The van der Waals surface area contributed by atoms with E-state index >= 15 is 4.39 Å². The van der Waals surface area contributed by atoms with Gasteiger partial charge in [0.2, 0.25) is 5.91 Å². The number of benzene rings is 2. The van der Waals surface area contributed by atoms with Crippen LogP contribution in [0.5, 0.6) is 0 Å². The fourth-order valence-corrected chi connectivity index (χ4v) is 6.55. The van der Waals surface area contributed by atoms with Crippen molar-refractivity contribution in [1.29, 1.82) is 0 Å². The molecule has 2 aromatic rings. The topological polar surface area (TPSA) is 109 Å². The zero-order valence-electron chi connectivity index (χ0n) is 22.4. The van der Waals surface area contributed by atoms with Gasteiger partial charge in [0, 0.05) is 62.3 Å². The molecule has 0 aromatic heterocycles. The zero-order valence-corrected chi connectivity index (χ0v) is 23.3. The molecule has 8 nitrogen and oxygen atoms in total. The summed E-state index contributed by atoms with van der Waals surface area (Å²) in [5.41, 5.74) is 1.48. The van der Waals surface area contributed by atoms with Crippen LogP contribution in [0.25, 0.3) is 0 Å². The third kappa shape index (κ3) is 7.53. The predicted molar refractivity (Wildman–Crippen MR) is 147 cm³/mol. The Kier molecular flexibility index (Phi) is 9.58. The Morgan fingerprint density at radius 3 is 2.54 bits per heavy atom. The van der Waals surface area contributed by atoms with Gasteiger partial charge >= 0.3 is 0 Å². The summed E-state index contributed by atoms with van der Waals surface area (Å²) in [6, 6.07) is 9.64. The van der Waals surface area contributed by atoms with Crippen molar-refractivity contribution in [3.8, 4) is 0 Å². The minimum Gasteiger partial charge on any atom is -0.381 e. The number of piperazine rings is 1. The molecule has 2 aliphatic rings. The van der Waals surface area contributed by atoms with Crippen molar-refractivity contribution in [1.82, 2.24) is 16.0 Å². The van der Waals surface area contributed by atoms with E-state index in [1.165, 1.54) is 24.5 Å². The molecule has 0 radical (unpaired) electrons. The zero-order chi connectivity index (χ0) is 28.0. The Balaban J connectivity index is 1.58. The van der Waals surface area contributed by atoms with E-state index in [0.29, 0.717) is 43.9 Å². The van der Waals surface area contributed by atoms with Gasteiger partial charge in [-0.1, -0.05) is 18.2 Å². The van der Waals surface area contributed by atoms with Gasteiger partial charge in [0.05, 0.1) is 0 Å². The summed E-state index contributed by atoms with van der Waals surface area (Å²) in [5.74, 6) is -1.10. The molecule has 0 unspecified atom stereocenters. The Labute approximate surface area is 229 Å². The second-order valence-electron chi connectivity index (χ2n) is 10.6. The average Bonchev–Trinajstić information content (AvgIpc) is 2.89. The molecule has 2 saturated heterocycles. The predicted octanol–water partition coefficient (Wildman–Crippen LogP) is 2.54. The van der Waals surface area contributed by atoms with E-state index in [2.05, 4.69) is 21.3 Å². The summed E-state index contributed by atoms with van der Waals surface area (Å²) >= 11 is 0. The van der Waals surface area contributed by atoms with Crippen molar-refractivity contribution in [2.75, 3.05) is 37.9 Å². The number of ether oxygens (including phenoxy) is 1. The van der Waals surface area contributed by atoms with Crippen LogP contribution in [0.3, 0.4) is 0 Å². The number of rotatable bonds is 10. The molecular formula is C28H38F2N4O4S. The van der Waals surface area contributed by atoms with Gasteiger partial charge in [-0.05, 0) is 62.4 Å². The summed E-state index contributed by atoms with van der Waals surface area (Å²) in [6.07, 6.45) is 3.13. The number of carbonyl (C=O) groups is 1. The van der Waals surface area contributed by atoms with Crippen molar-refractivity contribution < 1.29 is 26.7 Å². The lowest BCUT2D eigenvalue weighted by Gasteiger charge is -2.40. The Morgan fingerprint density at radius 1 is 1.15 bits per heavy atom. The maximum atomic E-state index is 15.2. The normalized spacial score (nSPS) is 23.2. The van der Waals surface area contributed by atoms with Crippen LogP contribution in [0, 0.1) is 11.6 Å². The van der Waals surface area contributed by atoms with Crippen LogP contribution >= 0.6 is 0 Å². The lowest BCUT2D eigenvalue weighted by atomic mass is 9.98. The molecule has 2 aromatic carbocycles. The van der Waals surface area contributed by atoms with Gasteiger partial charge < -0.3 is 20.7 Å². The molecule has 11 heteroatoms. The molecule has 39 heavy (non-hydrogen) atoms. The molecule has 0 saturated carbocycles. The fraction of sp³-hybridized carbons (Fsp3) is 0.536. The van der Waals surface area contributed by atoms with Crippen LogP contribution in [0.4, 0.5) is 14.5 Å². The Hall–Kier alpha value is -2.60. The maximum Gasteiger partial charge on any atom is 0.243 e. The van der Waals surface area contributed by atoms with Crippen molar-refractivity contribution in [3.05, 3.63) is 65.2 Å². The number of nitrogens with one attached hydrogen (secondary N) is 4. The van der Waals surface area contributed by atoms with Crippen LogP contribution in [0.15, 0.2) is 42.5 Å². The average molecular weight is 565 g/mol. The number of hydrogen-bond acceptors (Lipinski definition) is 7. The molecule has 1 amide bonds. The molecule has 4 rings (SSSR count). The van der Waals surface area contributed by atoms with E-state index in [1.54, 1.807) is 24.3 Å². The van der Waals surface area contributed by atoms with E-state index in [1.807, 2.05) is 6.92 Å². The lowest BCUT2D eigenvalue weighted by molar-refractivity contribution is -0.123. The lowest BCUT2D eigenvalue weighted by Crippen LogP contribution is -2.66. The summed E-state index contributed by atoms with van der Waals surface area (Å²) in [5, 5.41) is 12.7. The van der Waals surface area contributed by atoms with Crippen LogP contribution in [0.2, 0.25) is 0 Å². The van der Waals surface area contributed by atoms with E-state index < -0.39 is 26.6 Å². The maximum absolute atomic E-state index is 15.2. The standard InChI is InChI=1S/C28H38F2N4O4S/c1-19-17-31-18-28(34-19,39(2,36)37)13-10-23-24(30)4-3-5-25(23)33-26(16-20-6-8-21(29)9-7-20)27(35)32-22-11-14-38-15-12-22/h3-9,19,22,26,31,33-34H,10-18H2,1-2H3,(H,32,35)/t19-,26-,28-/m0/s1. The van der Waals surface area contributed by atoms with E-state index in [-0.39, 0.29) is 49.6 Å². The van der Waals surface area contributed by atoms with E-state index in [0.717, 1.165) is 5.56 Å². The molecule has 4 N–H and O–H groups in total. The van der Waals surface area contributed by atoms with Gasteiger partial charge in [-0.2, -0.15) is 0 Å². The van der Waals surface area contributed by atoms with Crippen LogP contribution in [-0.4, -0.2) is 69.9 Å². The van der Waals surface area contributed by atoms with E-state index in [9.17, 15) is 17.6 Å². The molecule has 2 aliphatic heterocycles. The molecule has 0 spiro atoms. The van der Waals surface area contributed by atoms with Gasteiger partial charge in [-0.15, -0.1) is 0 Å². The highest BCUT2D eigenvalue weighted by Crippen LogP contribution is 2.28. The number of halogens is 2. The van der Waals surface area contributed by atoms with Crippen molar-refractivity contribution in [2.24, 2.45) is 0 Å². The SMILES string of the molecule is C[C@H]1CNC[C@](CCc2c(F)cccc2N[C@@H](Cc2ccc(F)cc2)C(=O)NC2CCOCC2)(S(C)(=O)=O)N1. The van der Waals surface area contributed by atoms with Crippen LogP contribution in [-0.2, 0) is 32.2 Å². The smallest absolute Gasteiger partial charge is 0.243 e. The third-order valence-corrected chi connectivity index (χ3v) is 9.43. The second kappa shape index (κ2) is 12.7. The highest BCUT2D eigenvalue weighted by atomic mass is 32.2. The first-order valence-corrected chi connectivity index (χ1v) is 15.3. The summed E-state index contributed by atoms with van der Waals surface area (Å²) in [4.78, 5) is 12.2. The first-order chi connectivity index (χ1) is 18.6. The van der Waals surface area contributed by atoms with Gasteiger partial charge in [-0.25, -0.2) is 17.2 Å². The second-order valence-corrected chi connectivity index (χ2v) is 13.0. The first-order valence-electron chi connectivity index (χ1n) is 13.4. The first kappa shape index (κ1) is 29.4. The van der Waals surface area contributed by atoms with E-state index in [4.69, 9.17) is 4.74 Å². The summed E-state index contributed by atoms with van der Waals surface area (Å²) in [6.45, 7) is 3.89. The molecule has 3 atom stereocenters. The molecule has 214 valence electrons. The van der Waals surface area contributed by atoms with Gasteiger partial charge in [0.1, 0.15) is 22.5 Å². The largest absolute Gasteiger partial charge is 0.381 e. The highest BCUT2D eigenvalue weighted by Gasteiger charge is 2.43. The molecular weight excluding hydrogens is 526 g/mol. The molecule has 2 fully saturated rings. The number of amides is 1. The van der Waals surface area contributed by atoms with Gasteiger partial charge in [-0.3, -0.25) is 10.1 Å². The fourth-order valence-electron chi connectivity index (χ4n) is 5.30. The molecule has 0 bridgehead atoms. The molecule has 0 aliphatic carbocycles. The molecule has 2 heterocycles. The number of hydrogen-bond donors (Lipinski definition) is 4. The number of carbonyl (C=O) groups excluding carboxylic acids is 1. The van der Waals surface area contributed by atoms with Gasteiger partial charge in [0.15, 0.2) is 9.84 Å². The third-order valence-electron chi connectivity index (χ3n) is 7.54. The Morgan fingerprint density at radius 2 is 1.87 bits per heavy atom. The van der Waals surface area contributed by atoms with Crippen LogP contribution in [0.1, 0.15) is 37.3 Å². The number of anilines is 1. The Bertz CT molecular complexity index is 1240.